The van der Waals surface area contributed by atoms with Crippen molar-refractivity contribution in [3.8, 4) is 11.1 Å². The Morgan fingerprint density at radius 1 is 0.833 bits per heavy atom. The Morgan fingerprint density at radius 2 is 1.19 bits per heavy atom. The van der Waals surface area contributed by atoms with Crippen LogP contribution in [0.1, 0.15) is 107 Å². The van der Waals surface area contributed by atoms with Crippen molar-refractivity contribution in [2.75, 3.05) is 0 Å². The lowest BCUT2D eigenvalue weighted by Gasteiger charge is -2.08. The van der Waals surface area contributed by atoms with E-state index in [0.717, 1.165) is 28.7 Å². The number of hydrogen-bond donors (Lipinski definition) is 2. The minimum Gasteiger partial charge on any atom is -0.384 e. The van der Waals surface area contributed by atoms with Crippen LogP contribution in [0.25, 0.3) is 11.1 Å². The number of allylic oxidation sites excluding steroid dienone is 3. The summed E-state index contributed by atoms with van der Waals surface area (Å²) in [6.45, 7) is 32.9. The third-order valence-corrected chi connectivity index (χ3v) is 3.74. The molecule has 2 nitrogen and oxygen atoms in total. The van der Waals surface area contributed by atoms with E-state index in [-0.39, 0.29) is 5.84 Å². The normalized spacial score (nSPS) is 7.75. The van der Waals surface area contributed by atoms with Crippen molar-refractivity contribution in [3.63, 3.8) is 0 Å². The van der Waals surface area contributed by atoms with Gasteiger partial charge in [-0.3, -0.25) is 5.41 Å². The Bertz CT molecular complexity index is 738. The van der Waals surface area contributed by atoms with E-state index in [0.29, 0.717) is 0 Å². The van der Waals surface area contributed by atoms with Gasteiger partial charge < -0.3 is 5.73 Å². The first-order valence-electron chi connectivity index (χ1n) is 13.6. The number of nitrogens with two attached hydrogens (primary N) is 1. The zero-order chi connectivity index (χ0) is 29.4. The summed E-state index contributed by atoms with van der Waals surface area (Å²) in [4.78, 5) is 0. The van der Waals surface area contributed by atoms with E-state index < -0.39 is 0 Å². The van der Waals surface area contributed by atoms with Crippen LogP contribution in [0.2, 0.25) is 0 Å². The highest BCUT2D eigenvalue weighted by Crippen LogP contribution is 2.23. The molecule has 36 heavy (non-hydrogen) atoms. The lowest BCUT2D eigenvalue weighted by Crippen LogP contribution is -2.12. The fourth-order valence-electron chi connectivity index (χ4n) is 1.89. The third kappa shape index (κ3) is 29.2. The molecule has 0 saturated heterocycles. The molecule has 2 aromatic carbocycles. The molecule has 2 aromatic rings. The topological polar surface area (TPSA) is 49.9 Å². The molecule has 2 heteroatoms. The molecule has 2 rings (SSSR count). The Morgan fingerprint density at radius 3 is 1.47 bits per heavy atom. The Hall–Kier alpha value is -2.87. The number of benzene rings is 2. The maximum Gasteiger partial charge on any atom is 0.123 e. The molecule has 0 aliphatic rings. The fraction of sp³-hybridized carbons (Fsp3) is 0.441. The van der Waals surface area contributed by atoms with Crippen molar-refractivity contribution in [1.82, 2.24) is 0 Å². The number of hydrogen-bond acceptors (Lipinski definition) is 1. The first-order valence-corrected chi connectivity index (χ1v) is 13.6. The minimum absolute atomic E-state index is 0.111. The van der Waals surface area contributed by atoms with Crippen molar-refractivity contribution in [2.24, 2.45) is 5.73 Å². The van der Waals surface area contributed by atoms with Gasteiger partial charge in [0.15, 0.2) is 0 Å². The summed E-state index contributed by atoms with van der Waals surface area (Å²) in [5.74, 6) is 0.111. The minimum atomic E-state index is 0.111. The van der Waals surface area contributed by atoms with E-state index in [1.807, 2.05) is 65.8 Å². The Labute approximate surface area is 227 Å². The molecule has 0 unspecified atom stereocenters. The molecule has 0 amide bonds. The Balaban J connectivity index is -0.000000140. The Kier molecular flexibility index (Phi) is 44.1. The summed E-state index contributed by atoms with van der Waals surface area (Å²) >= 11 is 0. The summed E-state index contributed by atoms with van der Waals surface area (Å²) in [5, 5.41) is 7.58. The van der Waals surface area contributed by atoms with Crippen LogP contribution in [0.5, 0.6) is 0 Å². The largest absolute Gasteiger partial charge is 0.384 e. The van der Waals surface area contributed by atoms with E-state index in [4.69, 9.17) is 11.1 Å². The van der Waals surface area contributed by atoms with Crippen LogP contribution in [0.4, 0.5) is 0 Å². The molecule has 0 spiro atoms. The molecule has 0 heterocycles. The molecular formula is C34H60N2. The van der Waals surface area contributed by atoms with Crippen LogP contribution >= 0.6 is 0 Å². The van der Waals surface area contributed by atoms with Gasteiger partial charge in [-0.15, -0.1) is 6.58 Å². The number of nitrogens with one attached hydrogen (secondary N) is 1. The first-order chi connectivity index (χ1) is 17.2. The predicted molar refractivity (Wildman–Crippen MR) is 172 cm³/mol. The quantitative estimate of drug-likeness (QED) is 0.184. The summed E-state index contributed by atoms with van der Waals surface area (Å²) in [6, 6.07) is 16.2. The monoisotopic (exact) mass is 496 g/mol. The van der Waals surface area contributed by atoms with E-state index in [9.17, 15) is 0 Å². The van der Waals surface area contributed by atoms with Gasteiger partial charge in [0.2, 0.25) is 0 Å². The molecule has 0 saturated carbocycles. The lowest BCUT2D eigenvalue weighted by molar-refractivity contribution is 0.886. The van der Waals surface area contributed by atoms with E-state index in [2.05, 4.69) is 78.6 Å². The molecule has 0 radical (unpaired) electrons. The molecule has 0 fully saturated rings. The van der Waals surface area contributed by atoms with Crippen LogP contribution in [-0.4, -0.2) is 5.84 Å². The molecule has 0 atom stereocenters. The average molecular weight is 497 g/mol. The van der Waals surface area contributed by atoms with Gasteiger partial charge in [-0.25, -0.2) is 0 Å². The van der Waals surface area contributed by atoms with Crippen molar-refractivity contribution < 1.29 is 0 Å². The zero-order valence-corrected chi connectivity index (χ0v) is 25.8. The van der Waals surface area contributed by atoms with Crippen LogP contribution in [-0.2, 0) is 6.42 Å². The second-order valence-corrected chi connectivity index (χ2v) is 7.18. The zero-order valence-electron chi connectivity index (χ0n) is 25.8. The SMILES string of the molecule is C=CC.C=CC(=C)C.CC.CC.CCC.CCCC.CCc1ccc(-c2ccccc2C(=N)N)cc1. The lowest BCUT2D eigenvalue weighted by atomic mass is 9.98. The molecule has 206 valence electrons. The van der Waals surface area contributed by atoms with Gasteiger partial charge >= 0.3 is 0 Å². The predicted octanol–water partition coefficient (Wildman–Crippen LogP) is 11.4. The van der Waals surface area contributed by atoms with Gasteiger partial charge in [-0.1, -0.05) is 161 Å². The van der Waals surface area contributed by atoms with E-state index in [1.54, 1.807) is 12.2 Å². The van der Waals surface area contributed by atoms with Gasteiger partial charge in [0.1, 0.15) is 5.84 Å². The number of aryl methyl sites for hydroxylation is 1. The van der Waals surface area contributed by atoms with Gasteiger partial charge in [0.05, 0.1) is 0 Å². The highest BCUT2D eigenvalue weighted by atomic mass is 14.7. The highest BCUT2D eigenvalue weighted by Gasteiger charge is 2.06. The van der Waals surface area contributed by atoms with Gasteiger partial charge in [0.25, 0.3) is 0 Å². The van der Waals surface area contributed by atoms with E-state index >= 15 is 0 Å². The van der Waals surface area contributed by atoms with Crippen LogP contribution < -0.4 is 5.73 Å². The molecular weight excluding hydrogens is 436 g/mol. The second kappa shape index (κ2) is 36.7. The van der Waals surface area contributed by atoms with Crippen molar-refractivity contribution >= 4 is 5.84 Å². The van der Waals surface area contributed by atoms with Crippen molar-refractivity contribution in [2.45, 2.75) is 102 Å². The van der Waals surface area contributed by atoms with Crippen LogP contribution in [0, 0.1) is 5.41 Å². The number of amidine groups is 1. The number of rotatable bonds is 5. The van der Waals surface area contributed by atoms with Gasteiger partial charge in [-0.2, -0.15) is 0 Å². The standard InChI is InChI=1S/C15H16N2.C5H8.C4H10.C3H8.C3H6.2C2H6/c1-2-11-7-9-12(10-8-11)13-5-3-4-6-14(13)15(16)17;1-4-5(2)3;1-3-4-2;2*1-3-2;2*1-2/h3-10H,2H2,1H3,(H3,16,17);4H,1-2H2,3H3;3-4H2,1-2H3;3H2,1-2H3;3H,1H2,2H3;2*1-2H3. The van der Waals surface area contributed by atoms with E-state index in [1.165, 1.54) is 24.8 Å². The third-order valence-electron chi connectivity index (χ3n) is 3.74. The van der Waals surface area contributed by atoms with Crippen molar-refractivity contribution in [1.29, 1.82) is 5.41 Å². The summed E-state index contributed by atoms with van der Waals surface area (Å²) < 4.78 is 0. The van der Waals surface area contributed by atoms with Crippen molar-refractivity contribution in [3.05, 3.63) is 97.1 Å². The highest BCUT2D eigenvalue weighted by molar-refractivity contribution is 6.01. The first kappa shape index (κ1) is 43.2. The van der Waals surface area contributed by atoms with Gasteiger partial charge in [-0.05, 0) is 37.0 Å². The number of nitrogen functional groups attached to an aromatic ring is 1. The summed E-state index contributed by atoms with van der Waals surface area (Å²) in [6.07, 6.45) is 8.40. The second-order valence-electron chi connectivity index (χ2n) is 7.18. The van der Waals surface area contributed by atoms with Crippen LogP contribution in [0.15, 0.2) is 86.0 Å². The molecule has 3 N–H and O–H groups in total. The fourth-order valence-corrected chi connectivity index (χ4v) is 1.89. The molecule has 0 bridgehead atoms. The smallest absolute Gasteiger partial charge is 0.123 e. The molecule has 0 aliphatic heterocycles. The summed E-state index contributed by atoms with van der Waals surface area (Å²) in [7, 11) is 0. The molecule has 0 aliphatic carbocycles. The average Bonchev–Trinajstić information content (AvgIpc) is 2.92. The van der Waals surface area contributed by atoms with Crippen LogP contribution in [0.3, 0.4) is 0 Å². The maximum absolute atomic E-state index is 7.58. The maximum atomic E-state index is 7.58. The van der Waals surface area contributed by atoms with Gasteiger partial charge in [0, 0.05) is 5.56 Å². The molecule has 0 aromatic heterocycles. The summed E-state index contributed by atoms with van der Waals surface area (Å²) in [5.41, 5.74) is 10.8. The number of unbranched alkanes of at least 4 members (excludes halogenated alkanes) is 1.